The molecule has 4 heterocycles. The van der Waals surface area contributed by atoms with Gasteiger partial charge in [0.25, 0.3) is 0 Å². The highest BCUT2D eigenvalue weighted by Gasteiger charge is 2.21. The van der Waals surface area contributed by atoms with Crippen LogP contribution in [0.15, 0.2) is 54.9 Å². The summed E-state index contributed by atoms with van der Waals surface area (Å²) in [6.07, 6.45) is 5.43. The maximum absolute atomic E-state index is 11.5. The van der Waals surface area contributed by atoms with Crippen LogP contribution in [-0.4, -0.2) is 66.8 Å². The van der Waals surface area contributed by atoms with Gasteiger partial charge in [0.15, 0.2) is 0 Å². The third kappa shape index (κ3) is 6.21. The Labute approximate surface area is 223 Å². The largest absolute Gasteiger partial charge is 0.492 e. The fourth-order valence-corrected chi connectivity index (χ4v) is 4.82. The van der Waals surface area contributed by atoms with Gasteiger partial charge in [0, 0.05) is 39.3 Å². The summed E-state index contributed by atoms with van der Waals surface area (Å²) in [6.45, 7) is 6.89. The maximum Gasteiger partial charge on any atom is 0.219 e. The second-order valence-corrected chi connectivity index (χ2v) is 9.64. The van der Waals surface area contributed by atoms with Gasteiger partial charge in [-0.05, 0) is 66.3 Å². The molecule has 0 unspecified atom stereocenters. The van der Waals surface area contributed by atoms with Crippen LogP contribution < -0.4 is 15.0 Å². The lowest BCUT2D eigenvalue weighted by Crippen LogP contribution is -2.38. The van der Waals surface area contributed by atoms with Crippen molar-refractivity contribution in [3.63, 3.8) is 0 Å². The van der Waals surface area contributed by atoms with E-state index in [1.54, 1.807) is 13.1 Å². The third-order valence-corrected chi connectivity index (χ3v) is 7.11. The van der Waals surface area contributed by atoms with Crippen molar-refractivity contribution in [2.24, 2.45) is 5.92 Å². The van der Waals surface area contributed by atoms with Gasteiger partial charge < -0.3 is 24.6 Å². The number of amides is 1. The van der Waals surface area contributed by atoms with E-state index in [0.29, 0.717) is 35.5 Å². The molecule has 0 radical (unpaired) electrons. The molecule has 1 N–H and O–H groups in total. The van der Waals surface area contributed by atoms with Gasteiger partial charge in [-0.3, -0.25) is 4.79 Å². The number of aromatic nitrogens is 2. The number of hydrogen-bond acceptors (Lipinski definition) is 8. The van der Waals surface area contributed by atoms with Gasteiger partial charge in [-0.1, -0.05) is 6.07 Å². The van der Waals surface area contributed by atoms with Crippen molar-refractivity contribution >= 4 is 23.2 Å². The molecule has 9 heteroatoms. The van der Waals surface area contributed by atoms with Gasteiger partial charge in [0.05, 0.1) is 37.3 Å². The molecular formula is C29H32N6O3. The predicted octanol–water partition coefficient (Wildman–Crippen LogP) is 4.23. The fraction of sp³-hybridized carbons (Fsp3) is 0.379. The van der Waals surface area contributed by atoms with E-state index in [0.717, 1.165) is 69.0 Å². The Balaban J connectivity index is 1.22. The minimum atomic E-state index is 0.124. The molecule has 0 bridgehead atoms. The zero-order valence-electron chi connectivity index (χ0n) is 21.6. The normalized spacial score (nSPS) is 16.1. The molecule has 9 nitrogen and oxygen atoms in total. The summed E-state index contributed by atoms with van der Waals surface area (Å²) in [5, 5.41) is 13.0. The summed E-state index contributed by atoms with van der Waals surface area (Å²) >= 11 is 0. The number of likely N-dealkylation sites (tertiary alicyclic amines) is 1. The second-order valence-electron chi connectivity index (χ2n) is 9.64. The number of nitriles is 1. The maximum atomic E-state index is 11.5. The SMILES string of the molecule is CC(=O)N1CCC(COc2ccc(-c3ccnc(Nc4ccc(N5CCOCC5)cn4)c3)cc2C#N)CC1. The monoisotopic (exact) mass is 512 g/mol. The van der Waals surface area contributed by atoms with Crippen molar-refractivity contribution in [1.82, 2.24) is 14.9 Å². The van der Waals surface area contributed by atoms with Gasteiger partial charge in [0.2, 0.25) is 5.91 Å². The number of ether oxygens (including phenoxy) is 2. The van der Waals surface area contributed by atoms with Crippen LogP contribution in [0.5, 0.6) is 5.75 Å². The van der Waals surface area contributed by atoms with E-state index in [4.69, 9.17) is 9.47 Å². The van der Waals surface area contributed by atoms with E-state index in [-0.39, 0.29) is 5.91 Å². The number of nitrogens with zero attached hydrogens (tertiary/aromatic N) is 5. The Hall–Kier alpha value is -4.16. The van der Waals surface area contributed by atoms with Crippen LogP contribution in [0.2, 0.25) is 0 Å². The second kappa shape index (κ2) is 11.9. The van der Waals surface area contributed by atoms with Crippen molar-refractivity contribution in [3.05, 3.63) is 60.4 Å². The molecule has 2 fully saturated rings. The van der Waals surface area contributed by atoms with Crippen molar-refractivity contribution in [3.8, 4) is 22.9 Å². The van der Waals surface area contributed by atoms with E-state index in [1.807, 2.05) is 47.5 Å². The highest BCUT2D eigenvalue weighted by atomic mass is 16.5. The van der Waals surface area contributed by atoms with Crippen LogP contribution in [0.25, 0.3) is 11.1 Å². The molecule has 0 aliphatic carbocycles. The lowest BCUT2D eigenvalue weighted by atomic mass is 9.97. The van der Waals surface area contributed by atoms with Crippen molar-refractivity contribution in [2.75, 3.05) is 56.2 Å². The Morgan fingerprint density at radius 1 is 1.05 bits per heavy atom. The van der Waals surface area contributed by atoms with Gasteiger partial charge in [-0.15, -0.1) is 0 Å². The molecule has 0 saturated carbocycles. The van der Waals surface area contributed by atoms with Crippen molar-refractivity contribution in [1.29, 1.82) is 5.26 Å². The number of carbonyl (C=O) groups is 1. The molecule has 0 atom stereocenters. The van der Waals surface area contributed by atoms with Gasteiger partial charge in [-0.25, -0.2) is 9.97 Å². The van der Waals surface area contributed by atoms with Crippen LogP contribution in [0.4, 0.5) is 17.3 Å². The van der Waals surface area contributed by atoms with Crippen LogP contribution in [0, 0.1) is 17.2 Å². The molecule has 2 aliphatic heterocycles. The van der Waals surface area contributed by atoms with Gasteiger partial charge >= 0.3 is 0 Å². The lowest BCUT2D eigenvalue weighted by Gasteiger charge is -2.31. The fourth-order valence-electron chi connectivity index (χ4n) is 4.82. The molecule has 38 heavy (non-hydrogen) atoms. The lowest BCUT2D eigenvalue weighted by molar-refractivity contribution is -0.130. The molecule has 3 aromatic rings. The van der Waals surface area contributed by atoms with Crippen molar-refractivity contribution < 1.29 is 14.3 Å². The molecule has 2 aromatic heterocycles. The number of rotatable bonds is 7. The Morgan fingerprint density at radius 3 is 2.55 bits per heavy atom. The number of piperidine rings is 1. The molecular weight excluding hydrogens is 480 g/mol. The summed E-state index contributed by atoms with van der Waals surface area (Å²) in [6, 6.07) is 15.8. The predicted molar refractivity (Wildman–Crippen MR) is 145 cm³/mol. The number of hydrogen-bond donors (Lipinski definition) is 1. The van der Waals surface area contributed by atoms with E-state index < -0.39 is 0 Å². The van der Waals surface area contributed by atoms with Gasteiger partial charge in [-0.2, -0.15) is 5.26 Å². The summed E-state index contributed by atoms with van der Waals surface area (Å²) in [4.78, 5) is 24.7. The first-order valence-corrected chi connectivity index (χ1v) is 13.0. The van der Waals surface area contributed by atoms with Crippen LogP contribution in [-0.2, 0) is 9.53 Å². The number of benzene rings is 1. The topological polar surface area (TPSA) is 104 Å². The molecule has 1 amide bonds. The molecule has 2 aliphatic rings. The summed E-state index contributed by atoms with van der Waals surface area (Å²) in [5.41, 5.74) is 3.42. The number of morpholine rings is 1. The Morgan fingerprint density at radius 2 is 1.84 bits per heavy atom. The van der Waals surface area contributed by atoms with Crippen LogP contribution >= 0.6 is 0 Å². The average Bonchev–Trinajstić information content (AvgIpc) is 2.97. The smallest absolute Gasteiger partial charge is 0.219 e. The Kier molecular flexibility index (Phi) is 8.00. The summed E-state index contributed by atoms with van der Waals surface area (Å²) in [7, 11) is 0. The first-order chi connectivity index (χ1) is 18.6. The number of pyridine rings is 2. The van der Waals surface area contributed by atoms with E-state index >= 15 is 0 Å². The van der Waals surface area contributed by atoms with Gasteiger partial charge in [0.1, 0.15) is 23.5 Å². The standard InChI is InChI=1S/C29H32N6O3/c1-21(36)34-10-7-22(8-11-34)20-38-27-4-2-23(16-25(27)18-30)24-6-9-31-29(17-24)33-28-5-3-26(19-32-28)35-12-14-37-15-13-35/h2-6,9,16-17,19,22H,7-8,10-15,20H2,1H3,(H,31,32,33). The third-order valence-electron chi connectivity index (χ3n) is 7.11. The molecule has 5 rings (SSSR count). The van der Waals surface area contributed by atoms with E-state index in [2.05, 4.69) is 32.3 Å². The number of nitrogens with one attached hydrogen (secondary N) is 1. The van der Waals surface area contributed by atoms with E-state index in [9.17, 15) is 10.1 Å². The minimum Gasteiger partial charge on any atom is -0.492 e. The quantitative estimate of drug-likeness (QED) is 0.502. The first-order valence-electron chi connectivity index (χ1n) is 13.0. The van der Waals surface area contributed by atoms with Crippen LogP contribution in [0.1, 0.15) is 25.3 Å². The molecule has 2 saturated heterocycles. The highest BCUT2D eigenvalue weighted by Crippen LogP contribution is 2.29. The van der Waals surface area contributed by atoms with E-state index in [1.165, 1.54) is 0 Å². The zero-order chi connectivity index (χ0) is 26.3. The Bertz CT molecular complexity index is 1290. The van der Waals surface area contributed by atoms with Crippen LogP contribution in [0.3, 0.4) is 0 Å². The highest BCUT2D eigenvalue weighted by molar-refractivity contribution is 5.73. The minimum absolute atomic E-state index is 0.124. The number of carbonyl (C=O) groups excluding carboxylic acids is 1. The van der Waals surface area contributed by atoms with Crippen molar-refractivity contribution in [2.45, 2.75) is 19.8 Å². The zero-order valence-corrected chi connectivity index (χ0v) is 21.6. The summed E-state index contributed by atoms with van der Waals surface area (Å²) < 4.78 is 11.5. The average molecular weight is 513 g/mol. The summed E-state index contributed by atoms with van der Waals surface area (Å²) in [5.74, 6) is 2.47. The first kappa shape index (κ1) is 25.5. The molecule has 1 aromatic carbocycles. The molecule has 0 spiro atoms. The molecule has 196 valence electrons. The number of anilines is 3.